The second kappa shape index (κ2) is 10.3. The minimum atomic E-state index is -4.43. The molecule has 1 N–H and O–H groups in total. The Labute approximate surface area is 206 Å². The molecule has 1 aromatic carbocycles. The average molecular weight is 491 g/mol. The zero-order valence-electron chi connectivity index (χ0n) is 21.1. The molecule has 1 saturated heterocycles. The van der Waals surface area contributed by atoms with Crippen LogP contribution >= 0.6 is 0 Å². The highest BCUT2D eigenvalue weighted by Gasteiger charge is 2.42. The summed E-state index contributed by atoms with van der Waals surface area (Å²) in [5.41, 5.74) is 0.278. The fraction of sp³-hybridized carbons (Fsp3) is 0.630. The number of alkyl halides is 3. The summed E-state index contributed by atoms with van der Waals surface area (Å²) in [5, 5.41) is 3.65. The van der Waals surface area contributed by atoms with E-state index in [0.29, 0.717) is 47.6 Å². The SMILES string of the molecule is CCC[C@@H]1C[C@H](N(C)C(C)C)CC[C@@H]1N1CC[C@@H](Nc2ccnc3ccc(C(F)(F)F)cc23)C1=O. The van der Waals surface area contributed by atoms with Gasteiger partial charge in [0.2, 0.25) is 5.91 Å². The van der Waals surface area contributed by atoms with E-state index in [0.717, 1.165) is 44.2 Å². The van der Waals surface area contributed by atoms with Gasteiger partial charge in [-0.15, -0.1) is 0 Å². The van der Waals surface area contributed by atoms with Gasteiger partial charge in [-0.2, -0.15) is 13.2 Å². The fourth-order valence-corrected chi connectivity index (χ4v) is 5.91. The molecule has 35 heavy (non-hydrogen) atoms. The Morgan fingerprint density at radius 3 is 2.66 bits per heavy atom. The summed E-state index contributed by atoms with van der Waals surface area (Å²) in [7, 11) is 2.20. The molecule has 0 bridgehead atoms. The highest BCUT2D eigenvalue weighted by atomic mass is 19.4. The van der Waals surface area contributed by atoms with Gasteiger partial charge in [0.1, 0.15) is 6.04 Å². The number of nitrogens with zero attached hydrogens (tertiary/aromatic N) is 3. The van der Waals surface area contributed by atoms with Gasteiger partial charge in [0, 0.05) is 41.9 Å². The lowest BCUT2D eigenvalue weighted by Gasteiger charge is -2.44. The summed E-state index contributed by atoms with van der Waals surface area (Å²) < 4.78 is 39.9. The van der Waals surface area contributed by atoms with E-state index in [1.807, 2.05) is 4.90 Å². The van der Waals surface area contributed by atoms with Crippen molar-refractivity contribution in [1.29, 1.82) is 0 Å². The van der Waals surface area contributed by atoms with Gasteiger partial charge in [-0.25, -0.2) is 0 Å². The van der Waals surface area contributed by atoms with Gasteiger partial charge < -0.3 is 15.1 Å². The highest BCUT2D eigenvalue weighted by molar-refractivity contribution is 5.95. The molecular weight excluding hydrogens is 453 g/mol. The summed E-state index contributed by atoms with van der Waals surface area (Å²) in [6, 6.07) is 6.04. The van der Waals surface area contributed by atoms with Crippen molar-refractivity contribution in [3.05, 3.63) is 36.0 Å². The van der Waals surface area contributed by atoms with E-state index in [2.05, 4.69) is 43.0 Å². The molecule has 2 aliphatic rings. The largest absolute Gasteiger partial charge is 0.416 e. The van der Waals surface area contributed by atoms with Crippen LogP contribution in [0.15, 0.2) is 30.5 Å². The van der Waals surface area contributed by atoms with Crippen LogP contribution in [0.4, 0.5) is 18.9 Å². The highest BCUT2D eigenvalue weighted by Crippen LogP contribution is 2.37. The van der Waals surface area contributed by atoms with Crippen LogP contribution in [0.25, 0.3) is 10.9 Å². The zero-order valence-corrected chi connectivity index (χ0v) is 21.1. The van der Waals surface area contributed by atoms with E-state index in [4.69, 9.17) is 0 Å². The van der Waals surface area contributed by atoms with Crippen LogP contribution in [-0.2, 0) is 11.0 Å². The van der Waals surface area contributed by atoms with Gasteiger partial charge in [0.15, 0.2) is 0 Å². The van der Waals surface area contributed by atoms with E-state index in [-0.39, 0.29) is 11.9 Å². The maximum Gasteiger partial charge on any atom is 0.416 e. The number of pyridine rings is 1. The van der Waals surface area contributed by atoms with Crippen molar-refractivity contribution in [2.75, 3.05) is 18.9 Å². The number of likely N-dealkylation sites (tertiary alicyclic amines) is 1. The number of fused-ring (bicyclic) bond motifs is 1. The molecule has 2 aromatic rings. The van der Waals surface area contributed by atoms with E-state index < -0.39 is 17.8 Å². The first-order valence-corrected chi connectivity index (χ1v) is 12.8. The van der Waals surface area contributed by atoms with Crippen LogP contribution in [0.3, 0.4) is 0 Å². The van der Waals surface area contributed by atoms with E-state index in [9.17, 15) is 18.0 Å². The smallest absolute Gasteiger partial charge is 0.373 e. The summed E-state index contributed by atoms with van der Waals surface area (Å²) in [5.74, 6) is 0.530. The lowest BCUT2D eigenvalue weighted by molar-refractivity contribution is -0.137. The molecule has 0 spiro atoms. The van der Waals surface area contributed by atoms with Gasteiger partial charge >= 0.3 is 6.18 Å². The molecule has 8 heteroatoms. The molecule has 1 aliphatic carbocycles. The first-order valence-electron chi connectivity index (χ1n) is 12.8. The molecule has 0 radical (unpaired) electrons. The topological polar surface area (TPSA) is 48.5 Å². The monoisotopic (exact) mass is 490 g/mol. The molecule has 1 aliphatic heterocycles. The maximum atomic E-state index is 13.5. The first kappa shape index (κ1) is 25.7. The number of carbonyl (C=O) groups is 1. The second-order valence-corrected chi connectivity index (χ2v) is 10.4. The molecule has 1 amide bonds. The third kappa shape index (κ3) is 5.42. The second-order valence-electron chi connectivity index (χ2n) is 10.4. The lowest BCUT2D eigenvalue weighted by atomic mass is 9.77. The number of rotatable bonds is 7. The van der Waals surface area contributed by atoms with Crippen molar-refractivity contribution in [3.8, 4) is 0 Å². The number of benzene rings is 1. The minimum absolute atomic E-state index is 0.0590. The van der Waals surface area contributed by atoms with Crippen LogP contribution in [0, 0.1) is 5.92 Å². The summed E-state index contributed by atoms with van der Waals surface area (Å²) in [4.78, 5) is 22.2. The number of carbonyl (C=O) groups excluding carboxylic acids is 1. The van der Waals surface area contributed by atoms with Gasteiger partial charge in [0.05, 0.1) is 11.1 Å². The van der Waals surface area contributed by atoms with Crippen LogP contribution < -0.4 is 5.32 Å². The van der Waals surface area contributed by atoms with Crippen molar-refractivity contribution < 1.29 is 18.0 Å². The minimum Gasteiger partial charge on any atom is -0.373 e. The quantitative estimate of drug-likeness (QED) is 0.522. The number of aromatic nitrogens is 1. The van der Waals surface area contributed by atoms with E-state index in [1.165, 1.54) is 6.07 Å². The Kier molecular flexibility index (Phi) is 7.60. The molecule has 0 unspecified atom stereocenters. The van der Waals surface area contributed by atoms with Gasteiger partial charge in [-0.3, -0.25) is 9.78 Å². The molecule has 192 valence electrons. The first-order chi connectivity index (χ1) is 16.6. The summed E-state index contributed by atoms with van der Waals surface area (Å²) in [6.07, 6.45) is 3.15. The number of nitrogens with one attached hydrogen (secondary N) is 1. The lowest BCUT2D eigenvalue weighted by Crippen LogP contribution is -2.50. The van der Waals surface area contributed by atoms with Gasteiger partial charge in [-0.1, -0.05) is 13.3 Å². The molecule has 2 fully saturated rings. The van der Waals surface area contributed by atoms with Crippen LogP contribution in [0.2, 0.25) is 0 Å². The predicted octanol–water partition coefficient (Wildman–Crippen LogP) is 5.94. The van der Waals surface area contributed by atoms with Gasteiger partial charge in [0.25, 0.3) is 0 Å². The standard InChI is InChI=1S/C27H37F3N4O/c1-5-6-18-15-20(33(4)17(2)3)8-10-25(18)34-14-12-24(26(34)35)32-23-11-13-31-22-9-7-19(16-21(22)23)27(28,29)30/h7,9,11,13,16-18,20,24-25H,5-6,8,10,12,14-15H2,1-4H3,(H,31,32)/t18-,20-,24-,25+/m1/s1. The van der Waals surface area contributed by atoms with Crippen molar-refractivity contribution in [2.45, 2.75) is 89.6 Å². The summed E-state index contributed by atoms with van der Waals surface area (Å²) in [6.45, 7) is 7.33. The van der Waals surface area contributed by atoms with Crippen molar-refractivity contribution in [3.63, 3.8) is 0 Å². The molecular formula is C27H37F3N4O. The third-order valence-electron chi connectivity index (χ3n) is 8.00. The third-order valence-corrected chi connectivity index (χ3v) is 8.00. The number of hydrogen-bond donors (Lipinski definition) is 1. The molecule has 4 rings (SSSR count). The average Bonchev–Trinajstić information content (AvgIpc) is 3.17. The van der Waals surface area contributed by atoms with Crippen LogP contribution in [0.1, 0.15) is 64.9 Å². The van der Waals surface area contributed by atoms with Crippen molar-refractivity contribution >= 4 is 22.5 Å². The maximum absolute atomic E-state index is 13.5. The van der Waals surface area contributed by atoms with E-state index in [1.54, 1.807) is 12.3 Å². The number of hydrogen-bond acceptors (Lipinski definition) is 4. The Balaban J connectivity index is 1.50. The normalized spacial score (nSPS) is 25.7. The molecule has 4 atom stereocenters. The van der Waals surface area contributed by atoms with Crippen molar-refractivity contribution in [2.24, 2.45) is 5.92 Å². The fourth-order valence-electron chi connectivity index (χ4n) is 5.91. The zero-order chi connectivity index (χ0) is 25.3. The molecule has 1 saturated carbocycles. The van der Waals surface area contributed by atoms with Crippen molar-refractivity contribution in [1.82, 2.24) is 14.8 Å². The van der Waals surface area contributed by atoms with Crippen LogP contribution in [-0.4, -0.2) is 58.5 Å². The summed E-state index contributed by atoms with van der Waals surface area (Å²) >= 11 is 0. The number of halogens is 3. The Hall–Kier alpha value is -2.35. The van der Waals surface area contributed by atoms with E-state index >= 15 is 0 Å². The molecule has 1 aromatic heterocycles. The Morgan fingerprint density at radius 2 is 1.97 bits per heavy atom. The molecule has 5 nitrogen and oxygen atoms in total. The number of amides is 1. The van der Waals surface area contributed by atoms with Crippen LogP contribution in [0.5, 0.6) is 0 Å². The Bertz CT molecular complexity index is 1040. The Morgan fingerprint density at radius 1 is 1.20 bits per heavy atom. The molecule has 2 heterocycles. The van der Waals surface area contributed by atoms with Gasteiger partial charge in [-0.05, 0) is 83.2 Å². The predicted molar refractivity (Wildman–Crippen MR) is 133 cm³/mol. The number of anilines is 1.